The van der Waals surface area contributed by atoms with E-state index in [1.807, 2.05) is 7.05 Å². The van der Waals surface area contributed by atoms with Crippen LogP contribution >= 0.6 is 0 Å². The minimum atomic E-state index is 0.953. The summed E-state index contributed by atoms with van der Waals surface area (Å²) in [5.74, 6) is 0. The Hall–Kier alpha value is -1.02. The first-order chi connectivity index (χ1) is 7.24. The monoisotopic (exact) mass is 206 g/mol. The highest BCUT2D eigenvalue weighted by Gasteiger charge is 2.08. The van der Waals surface area contributed by atoms with Crippen LogP contribution in [0.15, 0.2) is 18.2 Å². The molecule has 1 N–H and O–H groups in total. The van der Waals surface area contributed by atoms with Gasteiger partial charge in [-0.2, -0.15) is 0 Å². The van der Waals surface area contributed by atoms with Gasteiger partial charge in [0.05, 0.1) is 0 Å². The van der Waals surface area contributed by atoms with Gasteiger partial charge in [0.25, 0.3) is 0 Å². The molecular formula is C13H22N2. The average molecular weight is 206 g/mol. The fourth-order valence-electron chi connectivity index (χ4n) is 1.91. The van der Waals surface area contributed by atoms with Crippen LogP contribution in [0.25, 0.3) is 0 Å². The number of hydrogen-bond acceptors (Lipinski definition) is 2. The molecule has 0 aromatic heterocycles. The summed E-state index contributed by atoms with van der Waals surface area (Å²) in [5.41, 5.74) is 4.25. The van der Waals surface area contributed by atoms with Gasteiger partial charge >= 0.3 is 0 Å². The third kappa shape index (κ3) is 2.72. The summed E-state index contributed by atoms with van der Waals surface area (Å²) in [7, 11) is 4.15. The Morgan fingerprint density at radius 3 is 2.53 bits per heavy atom. The second-order valence-corrected chi connectivity index (χ2v) is 3.81. The molecule has 2 heteroatoms. The van der Waals surface area contributed by atoms with Gasteiger partial charge in [0, 0.05) is 25.8 Å². The molecule has 0 radical (unpaired) electrons. The van der Waals surface area contributed by atoms with Crippen molar-refractivity contribution in [2.24, 2.45) is 0 Å². The summed E-state index contributed by atoms with van der Waals surface area (Å²) in [6, 6.07) is 6.57. The van der Waals surface area contributed by atoms with Crippen LogP contribution in [-0.2, 0) is 13.0 Å². The normalized spacial score (nSPS) is 10.4. The largest absolute Gasteiger partial charge is 0.375 e. The van der Waals surface area contributed by atoms with Crippen LogP contribution in [0.3, 0.4) is 0 Å². The highest BCUT2D eigenvalue weighted by molar-refractivity contribution is 5.56. The molecule has 0 bridgehead atoms. The number of hydrogen-bond donors (Lipinski definition) is 1. The van der Waals surface area contributed by atoms with Gasteiger partial charge in [-0.1, -0.05) is 19.1 Å². The van der Waals surface area contributed by atoms with Crippen molar-refractivity contribution in [2.75, 3.05) is 25.5 Å². The number of rotatable bonds is 5. The molecule has 1 aromatic carbocycles. The Kier molecular flexibility index (Phi) is 4.63. The standard InChI is InChI=1S/C13H22N2/c1-5-12-11(10-14-3)8-7-9-13(12)15(4)6-2/h7-9,14H,5-6,10H2,1-4H3. The Morgan fingerprint density at radius 1 is 1.27 bits per heavy atom. The lowest BCUT2D eigenvalue weighted by molar-refractivity contribution is 0.802. The van der Waals surface area contributed by atoms with Gasteiger partial charge in [-0.15, -0.1) is 0 Å². The molecule has 0 spiro atoms. The van der Waals surface area contributed by atoms with Gasteiger partial charge < -0.3 is 10.2 Å². The fraction of sp³-hybridized carbons (Fsp3) is 0.538. The van der Waals surface area contributed by atoms with Crippen LogP contribution in [0.2, 0.25) is 0 Å². The van der Waals surface area contributed by atoms with Crippen LogP contribution < -0.4 is 10.2 Å². The number of anilines is 1. The van der Waals surface area contributed by atoms with E-state index in [0.717, 1.165) is 19.5 Å². The highest BCUT2D eigenvalue weighted by atomic mass is 15.1. The fourth-order valence-corrected chi connectivity index (χ4v) is 1.91. The molecule has 0 aliphatic carbocycles. The van der Waals surface area contributed by atoms with E-state index in [1.165, 1.54) is 16.8 Å². The van der Waals surface area contributed by atoms with Crippen LogP contribution in [-0.4, -0.2) is 20.6 Å². The Labute approximate surface area is 93.3 Å². The summed E-state index contributed by atoms with van der Waals surface area (Å²) < 4.78 is 0. The summed E-state index contributed by atoms with van der Waals surface area (Å²) in [4.78, 5) is 2.30. The van der Waals surface area contributed by atoms with E-state index in [1.54, 1.807) is 0 Å². The van der Waals surface area contributed by atoms with E-state index in [4.69, 9.17) is 0 Å². The lowest BCUT2D eigenvalue weighted by atomic mass is 10.0. The van der Waals surface area contributed by atoms with Crippen molar-refractivity contribution < 1.29 is 0 Å². The average Bonchev–Trinajstić information content (AvgIpc) is 2.28. The molecule has 0 heterocycles. The number of nitrogens with zero attached hydrogens (tertiary/aromatic N) is 1. The van der Waals surface area contributed by atoms with Crippen LogP contribution in [0.4, 0.5) is 5.69 Å². The first-order valence-electron chi connectivity index (χ1n) is 5.71. The zero-order valence-electron chi connectivity index (χ0n) is 10.3. The molecule has 0 saturated carbocycles. The smallest absolute Gasteiger partial charge is 0.0399 e. The van der Waals surface area contributed by atoms with E-state index < -0.39 is 0 Å². The quantitative estimate of drug-likeness (QED) is 0.796. The first kappa shape index (κ1) is 12.1. The van der Waals surface area contributed by atoms with E-state index in [0.29, 0.717) is 0 Å². The molecule has 0 amide bonds. The van der Waals surface area contributed by atoms with Gasteiger partial charge in [0.2, 0.25) is 0 Å². The first-order valence-corrected chi connectivity index (χ1v) is 5.71. The third-order valence-electron chi connectivity index (χ3n) is 2.85. The summed E-state index contributed by atoms with van der Waals surface area (Å²) in [6.45, 7) is 6.41. The lowest BCUT2D eigenvalue weighted by Crippen LogP contribution is -2.19. The molecule has 2 nitrogen and oxygen atoms in total. The lowest BCUT2D eigenvalue weighted by Gasteiger charge is -2.22. The predicted octanol–water partition coefficient (Wildman–Crippen LogP) is 2.42. The Bertz CT molecular complexity index is 307. The maximum absolute atomic E-state index is 3.22. The van der Waals surface area contributed by atoms with E-state index in [-0.39, 0.29) is 0 Å². The minimum Gasteiger partial charge on any atom is -0.375 e. The van der Waals surface area contributed by atoms with Crippen LogP contribution in [0, 0.1) is 0 Å². The maximum atomic E-state index is 3.22. The molecular weight excluding hydrogens is 184 g/mol. The molecule has 1 rings (SSSR count). The summed E-state index contributed by atoms with van der Waals surface area (Å²) in [5, 5.41) is 3.22. The predicted molar refractivity (Wildman–Crippen MR) is 67.5 cm³/mol. The van der Waals surface area contributed by atoms with Crippen molar-refractivity contribution in [2.45, 2.75) is 26.8 Å². The van der Waals surface area contributed by atoms with E-state index in [9.17, 15) is 0 Å². The molecule has 0 atom stereocenters. The second-order valence-electron chi connectivity index (χ2n) is 3.81. The highest BCUT2D eigenvalue weighted by Crippen LogP contribution is 2.23. The van der Waals surface area contributed by atoms with Crippen molar-refractivity contribution in [1.82, 2.24) is 5.32 Å². The zero-order valence-corrected chi connectivity index (χ0v) is 10.3. The van der Waals surface area contributed by atoms with Crippen molar-refractivity contribution >= 4 is 5.69 Å². The van der Waals surface area contributed by atoms with Gasteiger partial charge in [-0.3, -0.25) is 0 Å². The van der Waals surface area contributed by atoms with Crippen LogP contribution in [0.5, 0.6) is 0 Å². The van der Waals surface area contributed by atoms with E-state index >= 15 is 0 Å². The van der Waals surface area contributed by atoms with Gasteiger partial charge in [0.15, 0.2) is 0 Å². The molecule has 0 aliphatic rings. The second kappa shape index (κ2) is 5.76. The van der Waals surface area contributed by atoms with Crippen molar-refractivity contribution in [3.8, 4) is 0 Å². The van der Waals surface area contributed by atoms with Crippen molar-refractivity contribution in [1.29, 1.82) is 0 Å². The van der Waals surface area contributed by atoms with Crippen LogP contribution in [0.1, 0.15) is 25.0 Å². The zero-order chi connectivity index (χ0) is 11.3. The molecule has 1 aromatic rings. The topological polar surface area (TPSA) is 15.3 Å². The molecule has 84 valence electrons. The molecule has 0 aliphatic heterocycles. The molecule has 15 heavy (non-hydrogen) atoms. The van der Waals surface area contributed by atoms with Gasteiger partial charge in [-0.25, -0.2) is 0 Å². The molecule has 0 unspecified atom stereocenters. The maximum Gasteiger partial charge on any atom is 0.0399 e. The Balaban J connectivity index is 3.09. The Morgan fingerprint density at radius 2 is 2.00 bits per heavy atom. The number of nitrogens with one attached hydrogen (secondary N) is 1. The molecule has 0 saturated heterocycles. The summed E-state index contributed by atoms with van der Waals surface area (Å²) in [6.07, 6.45) is 1.09. The number of benzene rings is 1. The van der Waals surface area contributed by atoms with Gasteiger partial charge in [-0.05, 0) is 37.6 Å². The minimum absolute atomic E-state index is 0.953. The van der Waals surface area contributed by atoms with Crippen molar-refractivity contribution in [3.63, 3.8) is 0 Å². The van der Waals surface area contributed by atoms with Crippen molar-refractivity contribution in [3.05, 3.63) is 29.3 Å². The van der Waals surface area contributed by atoms with Gasteiger partial charge in [0.1, 0.15) is 0 Å². The summed E-state index contributed by atoms with van der Waals surface area (Å²) >= 11 is 0. The molecule has 0 fully saturated rings. The SMILES string of the molecule is CCc1c(CNC)cccc1N(C)CC. The van der Waals surface area contributed by atoms with E-state index in [2.05, 4.69) is 49.3 Å². The third-order valence-corrected chi connectivity index (χ3v) is 2.85.